The minimum atomic E-state index is -0.203. The number of anilines is 2. The van der Waals surface area contributed by atoms with E-state index < -0.39 is 0 Å². The van der Waals surface area contributed by atoms with Crippen molar-refractivity contribution in [2.75, 3.05) is 17.3 Å². The first-order valence-corrected chi connectivity index (χ1v) is 8.62. The molecular weight excluding hydrogens is 322 g/mol. The van der Waals surface area contributed by atoms with Crippen LogP contribution in [-0.4, -0.2) is 17.9 Å². The number of aromatic nitrogens is 1. The molecule has 1 amide bonds. The summed E-state index contributed by atoms with van der Waals surface area (Å²) >= 11 is 0. The molecule has 0 radical (unpaired) electrons. The van der Waals surface area contributed by atoms with Crippen LogP contribution in [0.3, 0.4) is 0 Å². The van der Waals surface area contributed by atoms with Crippen molar-refractivity contribution in [1.82, 2.24) is 4.98 Å². The summed E-state index contributed by atoms with van der Waals surface area (Å²) in [5, 5.41) is 2.90. The van der Waals surface area contributed by atoms with Crippen molar-refractivity contribution >= 4 is 17.3 Å². The fourth-order valence-electron chi connectivity index (χ4n) is 2.71. The molecule has 0 fully saturated rings. The second kappa shape index (κ2) is 7.83. The highest BCUT2D eigenvalue weighted by molar-refractivity contribution is 6.03. The number of rotatable bonds is 5. The number of nitrogens with zero attached hydrogens (tertiary/aromatic N) is 2. The molecule has 1 aromatic heterocycles. The van der Waals surface area contributed by atoms with E-state index in [0.717, 1.165) is 23.5 Å². The van der Waals surface area contributed by atoms with Crippen LogP contribution in [0.25, 0.3) is 0 Å². The van der Waals surface area contributed by atoms with Gasteiger partial charge in [0.2, 0.25) is 0 Å². The Hall–Kier alpha value is -3.14. The molecule has 2 aromatic carbocycles. The number of benzene rings is 2. The van der Waals surface area contributed by atoms with Gasteiger partial charge in [-0.3, -0.25) is 4.79 Å². The third-order valence-electron chi connectivity index (χ3n) is 4.45. The first-order chi connectivity index (χ1) is 12.5. The average Bonchev–Trinajstić information content (AvgIpc) is 2.65. The smallest absolute Gasteiger partial charge is 0.274 e. The molecule has 0 saturated heterocycles. The van der Waals surface area contributed by atoms with E-state index in [2.05, 4.69) is 27.3 Å². The van der Waals surface area contributed by atoms with E-state index in [1.54, 1.807) is 12.3 Å². The van der Waals surface area contributed by atoms with E-state index in [0.29, 0.717) is 5.69 Å². The summed E-state index contributed by atoms with van der Waals surface area (Å²) in [6, 6.07) is 19.8. The van der Waals surface area contributed by atoms with E-state index >= 15 is 0 Å². The Balaban J connectivity index is 1.66. The number of hydrogen-bond acceptors (Lipinski definition) is 3. The van der Waals surface area contributed by atoms with Crippen LogP contribution < -0.4 is 10.2 Å². The van der Waals surface area contributed by atoms with Gasteiger partial charge in [0.05, 0.1) is 11.9 Å². The van der Waals surface area contributed by atoms with Crippen LogP contribution in [0.1, 0.15) is 27.2 Å². The van der Waals surface area contributed by atoms with E-state index in [4.69, 9.17) is 0 Å². The molecule has 4 nitrogen and oxygen atoms in total. The van der Waals surface area contributed by atoms with Crippen LogP contribution in [0.4, 0.5) is 11.4 Å². The van der Waals surface area contributed by atoms with Gasteiger partial charge in [0.1, 0.15) is 5.69 Å². The maximum atomic E-state index is 12.4. The molecule has 1 N–H and O–H groups in total. The van der Waals surface area contributed by atoms with Crippen molar-refractivity contribution in [3.63, 3.8) is 0 Å². The Morgan fingerprint density at radius 2 is 1.77 bits per heavy atom. The van der Waals surface area contributed by atoms with Gasteiger partial charge in [-0.15, -0.1) is 0 Å². The summed E-state index contributed by atoms with van der Waals surface area (Å²) in [5.41, 5.74) is 5.73. The third-order valence-corrected chi connectivity index (χ3v) is 4.45. The van der Waals surface area contributed by atoms with E-state index in [-0.39, 0.29) is 5.91 Å². The minimum Gasteiger partial charge on any atom is -0.369 e. The molecular formula is C22H23N3O. The number of aryl methyl sites for hydroxylation is 2. The Morgan fingerprint density at radius 3 is 2.42 bits per heavy atom. The third kappa shape index (κ3) is 4.28. The van der Waals surface area contributed by atoms with Gasteiger partial charge in [0.25, 0.3) is 5.91 Å². The molecule has 0 unspecified atom stereocenters. The summed E-state index contributed by atoms with van der Waals surface area (Å²) in [5.74, 6) is -0.203. The summed E-state index contributed by atoms with van der Waals surface area (Å²) in [6.45, 7) is 4.87. The SMILES string of the molecule is Cc1ccc(NC(=O)c2ccc(N(C)Cc3ccccc3)cn2)cc1C. The van der Waals surface area contributed by atoms with Crippen molar-refractivity contribution in [3.8, 4) is 0 Å². The lowest BCUT2D eigenvalue weighted by molar-refractivity contribution is 0.102. The fraction of sp³-hybridized carbons (Fsp3) is 0.182. The van der Waals surface area contributed by atoms with Gasteiger partial charge in [0, 0.05) is 19.3 Å². The second-order valence-corrected chi connectivity index (χ2v) is 6.50. The quantitative estimate of drug-likeness (QED) is 0.736. The molecule has 1 heterocycles. The molecule has 26 heavy (non-hydrogen) atoms. The highest BCUT2D eigenvalue weighted by atomic mass is 16.1. The first-order valence-electron chi connectivity index (χ1n) is 8.62. The number of nitrogens with one attached hydrogen (secondary N) is 1. The molecule has 0 aliphatic carbocycles. The Bertz CT molecular complexity index is 889. The summed E-state index contributed by atoms with van der Waals surface area (Å²) in [4.78, 5) is 18.8. The van der Waals surface area contributed by atoms with Gasteiger partial charge in [-0.25, -0.2) is 4.98 Å². The number of carbonyl (C=O) groups is 1. The Morgan fingerprint density at radius 1 is 1.00 bits per heavy atom. The molecule has 132 valence electrons. The maximum Gasteiger partial charge on any atom is 0.274 e. The molecule has 0 bridgehead atoms. The van der Waals surface area contributed by atoms with Crippen LogP contribution >= 0.6 is 0 Å². The zero-order chi connectivity index (χ0) is 18.5. The number of hydrogen-bond donors (Lipinski definition) is 1. The van der Waals surface area contributed by atoms with Gasteiger partial charge in [-0.05, 0) is 54.8 Å². The molecule has 0 saturated carbocycles. The van der Waals surface area contributed by atoms with Gasteiger partial charge >= 0.3 is 0 Å². The molecule has 3 aromatic rings. The van der Waals surface area contributed by atoms with E-state index in [1.165, 1.54) is 11.1 Å². The average molecular weight is 345 g/mol. The molecule has 0 aliphatic rings. The van der Waals surface area contributed by atoms with E-state index in [9.17, 15) is 4.79 Å². The monoisotopic (exact) mass is 345 g/mol. The zero-order valence-corrected chi connectivity index (χ0v) is 15.4. The van der Waals surface area contributed by atoms with Gasteiger partial charge in [-0.1, -0.05) is 36.4 Å². The van der Waals surface area contributed by atoms with Crippen molar-refractivity contribution < 1.29 is 4.79 Å². The normalized spacial score (nSPS) is 10.4. The zero-order valence-electron chi connectivity index (χ0n) is 15.4. The van der Waals surface area contributed by atoms with Gasteiger partial charge < -0.3 is 10.2 Å². The molecule has 4 heteroatoms. The highest BCUT2D eigenvalue weighted by Crippen LogP contribution is 2.17. The summed E-state index contributed by atoms with van der Waals surface area (Å²) in [7, 11) is 2.01. The minimum absolute atomic E-state index is 0.203. The molecule has 0 spiro atoms. The summed E-state index contributed by atoms with van der Waals surface area (Å²) < 4.78 is 0. The van der Waals surface area contributed by atoms with Crippen molar-refractivity contribution in [1.29, 1.82) is 0 Å². The Kier molecular flexibility index (Phi) is 5.32. The van der Waals surface area contributed by atoms with Crippen molar-refractivity contribution in [2.24, 2.45) is 0 Å². The lowest BCUT2D eigenvalue weighted by Gasteiger charge is -2.19. The van der Waals surface area contributed by atoms with Crippen LogP contribution in [0.5, 0.6) is 0 Å². The predicted octanol–water partition coefficient (Wildman–Crippen LogP) is 4.59. The number of pyridine rings is 1. The fourth-order valence-corrected chi connectivity index (χ4v) is 2.71. The maximum absolute atomic E-state index is 12.4. The van der Waals surface area contributed by atoms with Crippen molar-refractivity contribution in [2.45, 2.75) is 20.4 Å². The Labute approximate surface area is 154 Å². The molecule has 0 atom stereocenters. The van der Waals surface area contributed by atoms with Crippen molar-refractivity contribution in [3.05, 3.63) is 89.2 Å². The predicted molar refractivity (Wildman–Crippen MR) is 107 cm³/mol. The first kappa shape index (κ1) is 17.7. The topological polar surface area (TPSA) is 45.2 Å². The largest absolute Gasteiger partial charge is 0.369 e. The van der Waals surface area contributed by atoms with Gasteiger partial charge in [-0.2, -0.15) is 0 Å². The van der Waals surface area contributed by atoms with Gasteiger partial charge in [0.15, 0.2) is 0 Å². The second-order valence-electron chi connectivity index (χ2n) is 6.50. The van der Waals surface area contributed by atoms with Crippen LogP contribution in [0.2, 0.25) is 0 Å². The van der Waals surface area contributed by atoms with Crippen LogP contribution in [0, 0.1) is 13.8 Å². The lowest BCUT2D eigenvalue weighted by Crippen LogP contribution is -2.18. The standard InChI is InChI=1S/C22H23N3O/c1-16-9-10-19(13-17(16)2)24-22(26)21-12-11-20(14-23-21)25(3)15-18-7-5-4-6-8-18/h4-14H,15H2,1-3H3,(H,24,26). The molecule has 3 rings (SSSR count). The molecule has 0 aliphatic heterocycles. The van der Waals surface area contributed by atoms with E-state index in [1.807, 2.05) is 63.4 Å². The number of amides is 1. The van der Waals surface area contributed by atoms with Crippen LogP contribution in [0.15, 0.2) is 66.9 Å². The van der Waals surface area contributed by atoms with Crippen LogP contribution in [-0.2, 0) is 6.54 Å². The summed E-state index contributed by atoms with van der Waals surface area (Å²) in [6.07, 6.45) is 1.73. The lowest BCUT2D eigenvalue weighted by atomic mass is 10.1. The number of carbonyl (C=O) groups excluding carboxylic acids is 1. The highest BCUT2D eigenvalue weighted by Gasteiger charge is 2.10.